The van der Waals surface area contributed by atoms with E-state index < -0.39 is 0 Å². The zero-order valence-corrected chi connectivity index (χ0v) is 10.1. The Kier molecular flexibility index (Phi) is 2.83. The number of benzene rings is 1. The average molecular weight is 282 g/mol. The third-order valence-electron chi connectivity index (χ3n) is 1.96. The molecule has 0 saturated carbocycles. The van der Waals surface area contributed by atoms with Crippen LogP contribution in [0.5, 0.6) is 0 Å². The number of halogens is 1. The normalized spacial score (nSPS) is 10.2. The summed E-state index contributed by atoms with van der Waals surface area (Å²) >= 11 is 8.24. The molecule has 0 bridgehead atoms. The first kappa shape index (κ1) is 10.3. The maximum absolute atomic E-state index is 5.50. The summed E-state index contributed by atoms with van der Waals surface area (Å²) in [7, 11) is 0. The van der Waals surface area contributed by atoms with E-state index in [-0.39, 0.29) is 0 Å². The largest absolute Gasteiger partial charge is 0.389 e. The number of hydrogen-bond acceptors (Lipinski definition) is 2. The van der Waals surface area contributed by atoms with Gasteiger partial charge in [0, 0.05) is 16.2 Å². The molecule has 76 valence electrons. The van der Waals surface area contributed by atoms with Crippen LogP contribution in [0.25, 0.3) is 5.69 Å². The van der Waals surface area contributed by atoms with Crippen LogP contribution in [0.4, 0.5) is 0 Å². The van der Waals surface area contributed by atoms with Crippen molar-refractivity contribution in [2.75, 3.05) is 0 Å². The smallest absolute Gasteiger partial charge is 0.107 e. The van der Waals surface area contributed by atoms with Crippen LogP contribution in [0.1, 0.15) is 5.56 Å². The summed E-state index contributed by atoms with van der Waals surface area (Å²) in [5, 5.41) is 4.17. The van der Waals surface area contributed by atoms with Gasteiger partial charge in [-0.25, -0.2) is 4.68 Å². The summed E-state index contributed by atoms with van der Waals surface area (Å²) in [6.07, 6.45) is 3.47. The van der Waals surface area contributed by atoms with Gasteiger partial charge in [0.2, 0.25) is 0 Å². The van der Waals surface area contributed by atoms with Crippen molar-refractivity contribution >= 4 is 33.1 Å². The number of thiocarbonyl (C=S) groups is 1. The molecule has 0 aliphatic heterocycles. The van der Waals surface area contributed by atoms with Gasteiger partial charge in [0.15, 0.2) is 0 Å². The summed E-state index contributed by atoms with van der Waals surface area (Å²) in [6.45, 7) is 0. The van der Waals surface area contributed by atoms with Gasteiger partial charge in [-0.3, -0.25) is 0 Å². The molecule has 2 N–H and O–H groups in total. The lowest BCUT2D eigenvalue weighted by molar-refractivity contribution is 0.880. The van der Waals surface area contributed by atoms with E-state index in [0.717, 1.165) is 15.7 Å². The molecule has 2 aromatic rings. The molecule has 0 spiro atoms. The fraction of sp³-hybridized carbons (Fsp3) is 0. The second-order valence-electron chi connectivity index (χ2n) is 3.01. The standard InChI is InChI=1S/C10H8BrN3S/c11-8-1-3-9(4-2-8)14-6-7(5-13-14)10(12)15/h1-6H,(H2,12,15). The van der Waals surface area contributed by atoms with E-state index in [2.05, 4.69) is 21.0 Å². The molecule has 2 rings (SSSR count). The highest BCUT2D eigenvalue weighted by molar-refractivity contribution is 9.10. The summed E-state index contributed by atoms with van der Waals surface area (Å²) < 4.78 is 2.77. The topological polar surface area (TPSA) is 43.8 Å². The molecule has 0 unspecified atom stereocenters. The lowest BCUT2D eigenvalue weighted by Crippen LogP contribution is -2.07. The maximum Gasteiger partial charge on any atom is 0.107 e. The van der Waals surface area contributed by atoms with Crippen molar-refractivity contribution in [3.8, 4) is 5.69 Å². The molecule has 0 atom stereocenters. The molecule has 0 saturated heterocycles. The maximum atomic E-state index is 5.50. The fourth-order valence-corrected chi connectivity index (χ4v) is 1.55. The van der Waals surface area contributed by atoms with Crippen LogP contribution in [0, 0.1) is 0 Å². The molecule has 5 heteroatoms. The minimum absolute atomic E-state index is 0.360. The highest BCUT2D eigenvalue weighted by atomic mass is 79.9. The number of nitrogens with two attached hydrogens (primary N) is 1. The first-order valence-electron chi connectivity index (χ1n) is 4.27. The van der Waals surface area contributed by atoms with E-state index in [0.29, 0.717) is 4.99 Å². The Morgan fingerprint density at radius 2 is 2.00 bits per heavy atom. The molecule has 1 aromatic heterocycles. The molecule has 1 heterocycles. The highest BCUT2D eigenvalue weighted by Crippen LogP contribution is 2.13. The van der Waals surface area contributed by atoms with Crippen LogP contribution in [0.2, 0.25) is 0 Å². The molecular weight excluding hydrogens is 274 g/mol. The monoisotopic (exact) mass is 281 g/mol. The molecule has 1 aromatic carbocycles. The number of hydrogen-bond donors (Lipinski definition) is 1. The van der Waals surface area contributed by atoms with E-state index in [1.807, 2.05) is 30.5 Å². The van der Waals surface area contributed by atoms with E-state index in [1.54, 1.807) is 10.9 Å². The average Bonchev–Trinajstić information content (AvgIpc) is 2.68. The summed E-state index contributed by atoms with van der Waals surface area (Å²) in [4.78, 5) is 0.360. The van der Waals surface area contributed by atoms with Gasteiger partial charge in [0.05, 0.1) is 11.9 Å². The summed E-state index contributed by atoms with van der Waals surface area (Å²) in [5.41, 5.74) is 7.24. The first-order chi connectivity index (χ1) is 7.16. The summed E-state index contributed by atoms with van der Waals surface area (Å²) in [6, 6.07) is 7.83. The van der Waals surface area contributed by atoms with Gasteiger partial charge in [-0.2, -0.15) is 5.10 Å². The van der Waals surface area contributed by atoms with Crippen molar-refractivity contribution in [2.45, 2.75) is 0 Å². The van der Waals surface area contributed by atoms with E-state index in [1.165, 1.54) is 0 Å². The quantitative estimate of drug-likeness (QED) is 0.859. The van der Waals surface area contributed by atoms with Crippen LogP contribution in [0.3, 0.4) is 0 Å². The third kappa shape index (κ3) is 2.24. The molecule has 0 fully saturated rings. The minimum atomic E-state index is 0.360. The van der Waals surface area contributed by atoms with Crippen LogP contribution >= 0.6 is 28.1 Å². The van der Waals surface area contributed by atoms with Crippen molar-refractivity contribution < 1.29 is 0 Å². The Morgan fingerprint density at radius 3 is 2.53 bits per heavy atom. The van der Waals surface area contributed by atoms with Gasteiger partial charge in [0.25, 0.3) is 0 Å². The predicted molar refractivity (Wildman–Crippen MR) is 67.2 cm³/mol. The number of aromatic nitrogens is 2. The molecular formula is C10H8BrN3S. The lowest BCUT2D eigenvalue weighted by atomic mass is 10.3. The predicted octanol–water partition coefficient (Wildman–Crippen LogP) is 2.27. The van der Waals surface area contributed by atoms with Crippen LogP contribution < -0.4 is 5.73 Å². The Balaban J connectivity index is 2.37. The molecule has 0 aliphatic carbocycles. The van der Waals surface area contributed by atoms with Crippen molar-refractivity contribution in [3.63, 3.8) is 0 Å². The van der Waals surface area contributed by atoms with E-state index in [4.69, 9.17) is 18.0 Å². The molecule has 0 aliphatic rings. The first-order valence-corrected chi connectivity index (χ1v) is 5.47. The number of rotatable bonds is 2. The zero-order chi connectivity index (χ0) is 10.8. The van der Waals surface area contributed by atoms with Gasteiger partial charge >= 0.3 is 0 Å². The Hall–Kier alpha value is -1.20. The Bertz CT molecular complexity index is 490. The second-order valence-corrected chi connectivity index (χ2v) is 4.37. The van der Waals surface area contributed by atoms with Gasteiger partial charge < -0.3 is 5.73 Å². The van der Waals surface area contributed by atoms with Crippen LogP contribution in [-0.2, 0) is 0 Å². The molecule has 3 nitrogen and oxygen atoms in total. The van der Waals surface area contributed by atoms with Crippen LogP contribution in [-0.4, -0.2) is 14.8 Å². The number of nitrogens with zero attached hydrogens (tertiary/aromatic N) is 2. The highest BCUT2D eigenvalue weighted by Gasteiger charge is 2.02. The minimum Gasteiger partial charge on any atom is -0.389 e. The fourth-order valence-electron chi connectivity index (χ4n) is 1.19. The van der Waals surface area contributed by atoms with Gasteiger partial charge in [0.1, 0.15) is 4.99 Å². The van der Waals surface area contributed by atoms with Gasteiger partial charge in [-0.1, -0.05) is 28.1 Å². The van der Waals surface area contributed by atoms with Crippen molar-refractivity contribution in [3.05, 3.63) is 46.7 Å². The SMILES string of the molecule is NC(=S)c1cnn(-c2ccc(Br)cc2)c1. The van der Waals surface area contributed by atoms with Crippen molar-refractivity contribution in [1.82, 2.24) is 9.78 Å². The zero-order valence-electron chi connectivity index (χ0n) is 7.72. The van der Waals surface area contributed by atoms with E-state index in [9.17, 15) is 0 Å². The Labute approximate surface area is 101 Å². The van der Waals surface area contributed by atoms with Crippen molar-refractivity contribution in [1.29, 1.82) is 0 Å². The molecule has 0 radical (unpaired) electrons. The second kappa shape index (κ2) is 4.12. The van der Waals surface area contributed by atoms with Gasteiger partial charge in [-0.05, 0) is 24.3 Å². The van der Waals surface area contributed by atoms with E-state index >= 15 is 0 Å². The molecule has 0 amide bonds. The van der Waals surface area contributed by atoms with Crippen molar-refractivity contribution in [2.24, 2.45) is 5.73 Å². The third-order valence-corrected chi connectivity index (χ3v) is 2.72. The Morgan fingerprint density at radius 1 is 1.33 bits per heavy atom. The van der Waals surface area contributed by atoms with Gasteiger partial charge in [-0.15, -0.1) is 0 Å². The summed E-state index contributed by atoms with van der Waals surface area (Å²) in [5.74, 6) is 0. The molecule has 15 heavy (non-hydrogen) atoms. The van der Waals surface area contributed by atoms with Crippen LogP contribution in [0.15, 0.2) is 41.1 Å². The lowest BCUT2D eigenvalue weighted by Gasteiger charge is -2.00.